The maximum atomic E-state index is 14.0. The molecule has 1 aliphatic rings. The molecule has 0 N–H and O–H groups in total. The number of rotatable bonds is 4. The predicted molar refractivity (Wildman–Crippen MR) is 129 cm³/mol. The average molecular weight is 443 g/mol. The second-order valence-corrected chi connectivity index (χ2v) is 9.28. The third-order valence-electron chi connectivity index (χ3n) is 7.07. The first-order valence-corrected chi connectivity index (χ1v) is 11.6. The molecule has 1 fully saturated rings. The second kappa shape index (κ2) is 7.83. The Kier molecular flexibility index (Phi) is 5.07. The first-order valence-electron chi connectivity index (χ1n) is 11.6. The van der Waals surface area contributed by atoms with E-state index in [9.17, 15) is 4.79 Å². The Labute approximate surface area is 194 Å². The highest BCUT2D eigenvalue weighted by atomic mass is 16.2. The Bertz CT molecular complexity index is 1350. The Morgan fingerprint density at radius 1 is 1.06 bits per heavy atom. The van der Waals surface area contributed by atoms with Gasteiger partial charge in [0, 0.05) is 13.1 Å². The van der Waals surface area contributed by atoms with E-state index in [2.05, 4.69) is 54.6 Å². The molecule has 4 aromatic rings. The molecule has 0 bridgehead atoms. The van der Waals surface area contributed by atoms with Crippen molar-refractivity contribution >= 4 is 16.9 Å². The molecule has 3 heterocycles. The third-order valence-corrected chi connectivity index (χ3v) is 7.07. The number of likely N-dealkylation sites (tertiary alicyclic amines) is 1. The molecule has 170 valence electrons. The van der Waals surface area contributed by atoms with Gasteiger partial charge in [0.1, 0.15) is 5.82 Å². The van der Waals surface area contributed by atoms with Crippen molar-refractivity contribution in [3.05, 3.63) is 70.8 Å². The standard InChI is InChI=1S/C26H30N6O/c1-6-30-23-16-19(4)18(3)15-21(23)29-25(30)26(5)10-7-13-31(26)24(33)20-9-8-17(2)14-22(20)32-27-11-12-28-32/h8-9,11-12,14-16H,6-7,10,13H2,1-5H3. The summed E-state index contributed by atoms with van der Waals surface area (Å²) in [5, 5.41) is 8.57. The summed E-state index contributed by atoms with van der Waals surface area (Å²) in [5.41, 5.74) is 6.49. The number of hydrogen-bond acceptors (Lipinski definition) is 4. The van der Waals surface area contributed by atoms with Crippen molar-refractivity contribution in [1.82, 2.24) is 29.4 Å². The van der Waals surface area contributed by atoms with Crippen molar-refractivity contribution in [3.8, 4) is 5.69 Å². The van der Waals surface area contributed by atoms with Crippen LogP contribution >= 0.6 is 0 Å². The molecule has 1 amide bonds. The molecular formula is C26H30N6O. The number of fused-ring (bicyclic) bond motifs is 1. The summed E-state index contributed by atoms with van der Waals surface area (Å²) in [6.07, 6.45) is 5.07. The fourth-order valence-corrected chi connectivity index (χ4v) is 5.11. The van der Waals surface area contributed by atoms with Crippen LogP contribution in [0, 0.1) is 20.8 Å². The van der Waals surface area contributed by atoms with Crippen LogP contribution in [0.1, 0.15) is 59.6 Å². The SMILES string of the molecule is CCn1c(C2(C)CCCN2C(=O)c2ccc(C)cc2-n2nccn2)nc2cc(C)c(C)cc21. The zero-order valence-electron chi connectivity index (χ0n) is 20.0. The smallest absolute Gasteiger partial charge is 0.256 e. The van der Waals surface area contributed by atoms with E-state index in [4.69, 9.17) is 4.98 Å². The lowest BCUT2D eigenvalue weighted by Gasteiger charge is -2.35. The number of carbonyl (C=O) groups is 1. The number of hydrogen-bond donors (Lipinski definition) is 0. The van der Waals surface area contributed by atoms with Crippen molar-refractivity contribution in [2.24, 2.45) is 0 Å². The number of carbonyl (C=O) groups excluding carboxylic acids is 1. The van der Waals surface area contributed by atoms with Gasteiger partial charge in [-0.15, -0.1) is 0 Å². The van der Waals surface area contributed by atoms with Gasteiger partial charge in [-0.1, -0.05) is 6.07 Å². The van der Waals surface area contributed by atoms with Crippen LogP contribution < -0.4 is 0 Å². The summed E-state index contributed by atoms with van der Waals surface area (Å²) in [5.74, 6) is 0.950. The topological polar surface area (TPSA) is 68.8 Å². The number of aryl methyl sites for hydroxylation is 4. The maximum absolute atomic E-state index is 14.0. The molecule has 7 heteroatoms. The highest BCUT2D eigenvalue weighted by Gasteiger charge is 2.45. The van der Waals surface area contributed by atoms with Crippen LogP contribution in [0.5, 0.6) is 0 Å². The minimum absolute atomic E-state index is 0.00984. The molecule has 1 aliphatic heterocycles. The monoisotopic (exact) mass is 442 g/mol. The first-order chi connectivity index (χ1) is 15.8. The van der Waals surface area contributed by atoms with E-state index in [0.29, 0.717) is 17.8 Å². The Hall–Kier alpha value is -3.48. The fourth-order valence-electron chi connectivity index (χ4n) is 5.11. The summed E-state index contributed by atoms with van der Waals surface area (Å²) < 4.78 is 2.28. The van der Waals surface area contributed by atoms with Crippen LogP contribution in [-0.4, -0.2) is 41.9 Å². The van der Waals surface area contributed by atoms with E-state index in [0.717, 1.165) is 41.8 Å². The Balaban J connectivity index is 1.63. The molecule has 1 atom stereocenters. The molecule has 0 aliphatic carbocycles. The van der Waals surface area contributed by atoms with Gasteiger partial charge in [0.25, 0.3) is 5.91 Å². The summed E-state index contributed by atoms with van der Waals surface area (Å²) in [6, 6.07) is 10.2. The molecule has 0 spiro atoms. The highest BCUT2D eigenvalue weighted by molar-refractivity contribution is 5.98. The second-order valence-electron chi connectivity index (χ2n) is 9.28. The molecular weight excluding hydrogens is 412 g/mol. The van der Waals surface area contributed by atoms with E-state index in [1.165, 1.54) is 15.9 Å². The van der Waals surface area contributed by atoms with Crippen molar-refractivity contribution < 1.29 is 4.79 Å². The van der Waals surface area contributed by atoms with Gasteiger partial charge in [-0.2, -0.15) is 15.0 Å². The minimum atomic E-state index is -0.492. The lowest BCUT2D eigenvalue weighted by molar-refractivity contribution is 0.0598. The average Bonchev–Trinajstić information content (AvgIpc) is 3.53. The zero-order valence-corrected chi connectivity index (χ0v) is 20.0. The van der Waals surface area contributed by atoms with Crippen LogP contribution in [0.25, 0.3) is 16.7 Å². The quantitative estimate of drug-likeness (QED) is 0.459. The van der Waals surface area contributed by atoms with Gasteiger partial charge in [0.15, 0.2) is 0 Å². The number of benzene rings is 2. The fraction of sp³-hybridized carbons (Fsp3) is 0.385. The zero-order chi connectivity index (χ0) is 23.3. The Morgan fingerprint density at radius 3 is 2.52 bits per heavy atom. The molecule has 33 heavy (non-hydrogen) atoms. The van der Waals surface area contributed by atoms with E-state index < -0.39 is 5.54 Å². The molecule has 7 nitrogen and oxygen atoms in total. The lowest BCUT2D eigenvalue weighted by atomic mass is 9.96. The number of aromatic nitrogens is 5. The normalized spacial score (nSPS) is 18.4. The van der Waals surface area contributed by atoms with Gasteiger partial charge >= 0.3 is 0 Å². The van der Waals surface area contributed by atoms with Crippen LogP contribution in [0.2, 0.25) is 0 Å². The lowest BCUT2D eigenvalue weighted by Crippen LogP contribution is -2.45. The van der Waals surface area contributed by atoms with Crippen LogP contribution in [0.3, 0.4) is 0 Å². The van der Waals surface area contributed by atoms with Crippen molar-refractivity contribution in [2.75, 3.05) is 6.54 Å². The van der Waals surface area contributed by atoms with Gasteiger partial charge < -0.3 is 9.47 Å². The minimum Gasteiger partial charge on any atom is -0.326 e. The van der Waals surface area contributed by atoms with E-state index in [1.54, 1.807) is 12.4 Å². The summed E-state index contributed by atoms with van der Waals surface area (Å²) in [7, 11) is 0. The number of amides is 1. The van der Waals surface area contributed by atoms with Gasteiger partial charge in [-0.3, -0.25) is 4.79 Å². The van der Waals surface area contributed by atoms with Crippen molar-refractivity contribution in [2.45, 2.75) is 59.5 Å². The van der Waals surface area contributed by atoms with Gasteiger partial charge in [0.2, 0.25) is 0 Å². The molecule has 2 aromatic heterocycles. The van der Waals surface area contributed by atoms with Crippen LogP contribution in [0.4, 0.5) is 0 Å². The number of nitrogens with zero attached hydrogens (tertiary/aromatic N) is 6. The molecule has 1 saturated heterocycles. The van der Waals surface area contributed by atoms with E-state index in [1.807, 2.05) is 30.0 Å². The van der Waals surface area contributed by atoms with Gasteiger partial charge in [-0.05, 0) is 88.4 Å². The molecule has 5 rings (SSSR count). The van der Waals surface area contributed by atoms with Crippen molar-refractivity contribution in [3.63, 3.8) is 0 Å². The Morgan fingerprint density at radius 2 is 1.79 bits per heavy atom. The predicted octanol–water partition coefficient (Wildman–Crippen LogP) is 4.71. The van der Waals surface area contributed by atoms with Gasteiger partial charge in [0.05, 0.1) is 40.2 Å². The molecule has 2 aromatic carbocycles. The first kappa shape index (κ1) is 21.4. The van der Waals surface area contributed by atoms with Crippen LogP contribution in [0.15, 0.2) is 42.7 Å². The highest BCUT2D eigenvalue weighted by Crippen LogP contribution is 2.41. The third kappa shape index (κ3) is 3.34. The van der Waals surface area contributed by atoms with Gasteiger partial charge in [-0.25, -0.2) is 4.98 Å². The maximum Gasteiger partial charge on any atom is 0.256 e. The summed E-state index contributed by atoms with van der Waals surface area (Å²) in [4.78, 5) is 22.6. The molecule has 1 unspecified atom stereocenters. The molecule has 0 radical (unpaired) electrons. The van der Waals surface area contributed by atoms with Crippen LogP contribution in [-0.2, 0) is 12.1 Å². The van der Waals surface area contributed by atoms with Crippen molar-refractivity contribution in [1.29, 1.82) is 0 Å². The largest absolute Gasteiger partial charge is 0.326 e. The number of imidazole rings is 1. The molecule has 0 saturated carbocycles. The van der Waals surface area contributed by atoms with E-state index in [-0.39, 0.29) is 5.91 Å². The summed E-state index contributed by atoms with van der Waals surface area (Å²) in [6.45, 7) is 12.1. The van der Waals surface area contributed by atoms with E-state index >= 15 is 0 Å². The summed E-state index contributed by atoms with van der Waals surface area (Å²) >= 11 is 0.